The van der Waals surface area contributed by atoms with Crippen molar-refractivity contribution in [2.24, 2.45) is 0 Å². The summed E-state index contributed by atoms with van der Waals surface area (Å²) >= 11 is 0. The second-order valence-corrected chi connectivity index (χ2v) is 12.7. The topological polar surface area (TPSA) is 94.4 Å². The van der Waals surface area contributed by atoms with Gasteiger partial charge in [0.1, 0.15) is 10.0 Å². The maximum atomic E-state index is 13.1. The number of anilines is 1. The third-order valence-corrected chi connectivity index (χ3v) is 9.73. The van der Waals surface area contributed by atoms with Crippen molar-refractivity contribution < 1.29 is 16.8 Å². The van der Waals surface area contributed by atoms with Gasteiger partial charge in [0.15, 0.2) is 0 Å². The Labute approximate surface area is 218 Å². The average Bonchev–Trinajstić information content (AvgIpc) is 3.22. The van der Waals surface area contributed by atoms with Crippen LogP contribution >= 0.6 is 0 Å². The van der Waals surface area contributed by atoms with Gasteiger partial charge in [-0.25, -0.2) is 16.8 Å². The maximum Gasteiger partial charge on any atom is 0.261 e. The highest BCUT2D eigenvalue weighted by atomic mass is 32.2. The number of nitrogens with one attached hydrogen (secondary N) is 1. The molecule has 8 heteroatoms. The molecule has 0 saturated heterocycles. The van der Waals surface area contributed by atoms with E-state index in [4.69, 9.17) is 0 Å². The fourth-order valence-corrected chi connectivity index (χ4v) is 6.84. The minimum absolute atomic E-state index is 0.115. The van der Waals surface area contributed by atoms with Gasteiger partial charge in [-0.1, -0.05) is 48.0 Å². The van der Waals surface area contributed by atoms with Crippen LogP contribution < -0.4 is 4.72 Å². The molecule has 4 aromatic rings. The summed E-state index contributed by atoms with van der Waals surface area (Å²) in [5.41, 5.74) is 8.09. The Kier molecular flexibility index (Phi) is 6.12. The minimum atomic E-state index is -3.92. The molecule has 37 heavy (non-hydrogen) atoms. The Morgan fingerprint density at radius 2 is 1.24 bits per heavy atom. The van der Waals surface area contributed by atoms with Crippen LogP contribution in [0.1, 0.15) is 33.4 Å². The highest BCUT2D eigenvalue weighted by molar-refractivity contribution is 7.94. The van der Waals surface area contributed by atoms with E-state index >= 15 is 0 Å². The van der Waals surface area contributed by atoms with Crippen molar-refractivity contribution in [1.82, 2.24) is 0 Å². The van der Waals surface area contributed by atoms with Crippen LogP contribution in [-0.4, -0.2) is 16.8 Å². The molecule has 6 nitrogen and oxygen atoms in total. The standard InChI is InChI=1S/C29H27N2O4S2/c1-18-7-5-9-28(20(18)3)30-36(32,33)24-11-13-26-22(16-24)15-23-17-25(12-14-27(23)26)37(34,35)31-29-10-6-8-19(2)21(29)4/h5-14,16-17,30H,15H2,1-4H3/q-1. The predicted octanol–water partition coefficient (Wildman–Crippen LogP) is 6.69. The zero-order chi connectivity index (χ0) is 26.5. The van der Waals surface area contributed by atoms with E-state index in [-0.39, 0.29) is 9.79 Å². The summed E-state index contributed by atoms with van der Waals surface area (Å²) in [5, 5.41) is 0. The number of benzene rings is 4. The second-order valence-electron chi connectivity index (χ2n) is 9.45. The summed E-state index contributed by atoms with van der Waals surface area (Å²) < 4.78 is 59.3. The number of rotatable bonds is 6. The van der Waals surface area contributed by atoms with E-state index in [0.29, 0.717) is 17.8 Å². The van der Waals surface area contributed by atoms with Crippen molar-refractivity contribution in [3.8, 4) is 11.1 Å². The van der Waals surface area contributed by atoms with Gasteiger partial charge < -0.3 is 4.72 Å². The lowest BCUT2D eigenvalue weighted by atomic mass is 10.1. The molecule has 0 saturated carbocycles. The van der Waals surface area contributed by atoms with Gasteiger partial charge in [0.25, 0.3) is 10.0 Å². The minimum Gasteiger partial charge on any atom is -0.572 e. The number of hydrogen-bond donors (Lipinski definition) is 1. The first kappa shape index (κ1) is 25.0. The second kappa shape index (κ2) is 9.04. The van der Waals surface area contributed by atoms with E-state index in [1.807, 2.05) is 45.9 Å². The molecule has 190 valence electrons. The largest absolute Gasteiger partial charge is 0.572 e. The fourth-order valence-electron chi connectivity index (χ4n) is 4.57. The molecular weight excluding hydrogens is 504 g/mol. The smallest absolute Gasteiger partial charge is 0.261 e. The van der Waals surface area contributed by atoms with Crippen molar-refractivity contribution in [2.45, 2.75) is 43.9 Å². The summed E-state index contributed by atoms with van der Waals surface area (Å²) in [7, 11) is -7.71. The van der Waals surface area contributed by atoms with Crippen molar-refractivity contribution in [3.05, 3.63) is 111 Å². The first-order chi connectivity index (χ1) is 17.5. The summed E-state index contributed by atoms with van der Waals surface area (Å²) in [6.45, 7) is 7.58. The van der Waals surface area contributed by atoms with Crippen LogP contribution in [0.2, 0.25) is 0 Å². The van der Waals surface area contributed by atoms with E-state index in [1.54, 1.807) is 54.6 Å². The van der Waals surface area contributed by atoms with Gasteiger partial charge in [-0.05, 0) is 103 Å². The molecular formula is C29H27N2O4S2-. The zero-order valence-corrected chi connectivity index (χ0v) is 22.7. The van der Waals surface area contributed by atoms with Crippen LogP contribution in [0.25, 0.3) is 15.8 Å². The Morgan fingerprint density at radius 1 is 0.676 bits per heavy atom. The summed E-state index contributed by atoms with van der Waals surface area (Å²) in [6.07, 6.45) is 0.435. The molecule has 1 aliphatic rings. The van der Waals surface area contributed by atoms with Crippen LogP contribution in [0.4, 0.5) is 11.4 Å². The van der Waals surface area contributed by atoms with Gasteiger partial charge in [0.2, 0.25) is 0 Å². The quantitative estimate of drug-likeness (QED) is 0.264. The first-order valence-corrected chi connectivity index (χ1v) is 14.8. The third-order valence-electron chi connectivity index (χ3n) is 7.08. The van der Waals surface area contributed by atoms with Crippen LogP contribution in [0.3, 0.4) is 0 Å². The number of fused-ring (bicyclic) bond motifs is 3. The molecule has 0 amide bonds. The predicted molar refractivity (Wildman–Crippen MR) is 148 cm³/mol. The van der Waals surface area contributed by atoms with E-state index in [9.17, 15) is 16.8 Å². The highest BCUT2D eigenvalue weighted by Crippen LogP contribution is 2.40. The molecule has 5 rings (SSSR count). The summed E-state index contributed by atoms with van der Waals surface area (Å²) in [4.78, 5) is 0.280. The average molecular weight is 532 g/mol. The van der Waals surface area contributed by atoms with Gasteiger partial charge in [-0.3, -0.25) is 4.72 Å². The fraction of sp³-hybridized carbons (Fsp3) is 0.172. The molecule has 0 bridgehead atoms. The molecule has 0 unspecified atom stereocenters. The van der Waals surface area contributed by atoms with Crippen molar-refractivity contribution in [1.29, 1.82) is 0 Å². The normalized spacial score (nSPS) is 12.6. The SMILES string of the molecule is Cc1cccc([N-]S(=O)(=O)c2ccc3c(c2)Cc2cc(S(=O)(=O)Nc4cccc(C)c4C)ccc2-3)c1C. The lowest BCUT2D eigenvalue weighted by Crippen LogP contribution is -2.14. The molecule has 0 heterocycles. The maximum absolute atomic E-state index is 13.1. The van der Waals surface area contributed by atoms with Gasteiger partial charge >= 0.3 is 0 Å². The van der Waals surface area contributed by atoms with Crippen LogP contribution in [0.5, 0.6) is 0 Å². The molecule has 0 aromatic heterocycles. The molecule has 0 radical (unpaired) electrons. The van der Waals surface area contributed by atoms with Crippen molar-refractivity contribution >= 4 is 31.4 Å². The van der Waals surface area contributed by atoms with E-state index in [0.717, 1.165) is 44.5 Å². The van der Waals surface area contributed by atoms with E-state index in [1.165, 1.54) is 0 Å². The molecule has 1 N–H and O–H groups in total. The Bertz CT molecular complexity index is 1650. The molecule has 0 fully saturated rings. The Morgan fingerprint density at radius 3 is 1.92 bits per heavy atom. The van der Waals surface area contributed by atoms with Crippen LogP contribution in [-0.2, 0) is 26.5 Å². The molecule has 4 aromatic carbocycles. The molecule has 0 atom stereocenters. The number of nitrogens with zero attached hydrogens (tertiary/aromatic N) is 1. The zero-order valence-electron chi connectivity index (χ0n) is 21.0. The van der Waals surface area contributed by atoms with Gasteiger partial charge in [0.05, 0.1) is 15.5 Å². The molecule has 0 spiro atoms. The first-order valence-electron chi connectivity index (χ1n) is 11.9. The lowest BCUT2D eigenvalue weighted by Gasteiger charge is -2.25. The van der Waals surface area contributed by atoms with Crippen molar-refractivity contribution in [3.63, 3.8) is 0 Å². The summed E-state index contributed by atoms with van der Waals surface area (Å²) in [6, 6.07) is 20.9. The van der Waals surface area contributed by atoms with Gasteiger partial charge in [-0.15, -0.1) is 5.69 Å². The van der Waals surface area contributed by atoms with Crippen LogP contribution in [0, 0.1) is 27.7 Å². The third kappa shape index (κ3) is 4.63. The van der Waals surface area contributed by atoms with E-state index in [2.05, 4.69) is 9.44 Å². The number of aryl methyl sites for hydroxylation is 2. The summed E-state index contributed by atoms with van der Waals surface area (Å²) in [5.74, 6) is 0. The highest BCUT2D eigenvalue weighted by Gasteiger charge is 2.24. The lowest BCUT2D eigenvalue weighted by molar-refractivity contribution is 0.600. The van der Waals surface area contributed by atoms with Gasteiger partial charge in [0, 0.05) is 0 Å². The monoisotopic (exact) mass is 531 g/mol. The number of hydrogen-bond acceptors (Lipinski definition) is 4. The number of sulfonamides is 2. The Balaban J connectivity index is 1.42. The Hall–Kier alpha value is -3.62. The molecule has 1 aliphatic carbocycles. The van der Waals surface area contributed by atoms with Crippen molar-refractivity contribution in [2.75, 3.05) is 4.72 Å². The van der Waals surface area contributed by atoms with Crippen LogP contribution in [0.15, 0.2) is 82.6 Å². The van der Waals surface area contributed by atoms with E-state index < -0.39 is 20.0 Å². The van der Waals surface area contributed by atoms with Gasteiger partial charge in [-0.2, -0.15) is 0 Å². The molecule has 0 aliphatic heterocycles.